The van der Waals surface area contributed by atoms with E-state index in [1.165, 1.54) is 0 Å². The van der Waals surface area contributed by atoms with Crippen LogP contribution in [0.15, 0.2) is 22.7 Å². The number of fused-ring (bicyclic) bond motifs is 1. The van der Waals surface area contributed by atoms with Gasteiger partial charge in [-0.2, -0.15) is 0 Å². The molecule has 1 atom stereocenters. The summed E-state index contributed by atoms with van der Waals surface area (Å²) < 4.78 is 5.28. The van der Waals surface area contributed by atoms with E-state index in [0.717, 1.165) is 0 Å². The molecule has 1 aromatic rings. The average Bonchev–Trinajstić information content (AvgIpc) is 2.46. The molecule has 14 heavy (non-hydrogen) atoms. The molecule has 5 heteroatoms. The van der Waals surface area contributed by atoms with E-state index >= 15 is 0 Å². The first-order valence-corrected chi connectivity index (χ1v) is 4.63. The fourth-order valence-corrected chi connectivity index (χ4v) is 1.96. The number of carboxylic acid groups (broad SMARTS) is 1. The highest BCUT2D eigenvalue weighted by molar-refractivity contribution is 9.10. The van der Waals surface area contributed by atoms with E-state index in [1.807, 2.05) is 0 Å². The zero-order valence-corrected chi connectivity index (χ0v) is 8.45. The Morgan fingerprint density at radius 2 is 2.21 bits per heavy atom. The van der Waals surface area contributed by atoms with Crippen LogP contribution in [0.3, 0.4) is 0 Å². The average molecular weight is 257 g/mol. The predicted molar refractivity (Wildman–Crippen MR) is 49.9 cm³/mol. The van der Waals surface area contributed by atoms with Crippen molar-refractivity contribution in [3.8, 4) is 0 Å². The van der Waals surface area contributed by atoms with Crippen molar-refractivity contribution in [2.45, 2.75) is 6.10 Å². The van der Waals surface area contributed by atoms with Gasteiger partial charge in [-0.05, 0) is 12.1 Å². The summed E-state index contributed by atoms with van der Waals surface area (Å²) in [5, 5.41) is 8.80. The number of rotatable bonds is 1. The third-order valence-electron chi connectivity index (χ3n) is 1.98. The van der Waals surface area contributed by atoms with Crippen molar-refractivity contribution in [1.29, 1.82) is 0 Å². The van der Waals surface area contributed by atoms with Gasteiger partial charge < -0.3 is 9.84 Å². The number of esters is 1. The molecule has 0 amide bonds. The summed E-state index contributed by atoms with van der Waals surface area (Å²) in [7, 11) is 0. The predicted octanol–water partition coefficient (Wildman–Crippen LogP) is 1.75. The summed E-state index contributed by atoms with van der Waals surface area (Å²) in [6.45, 7) is 0. The van der Waals surface area contributed by atoms with Gasteiger partial charge in [0.2, 0.25) is 6.10 Å². The van der Waals surface area contributed by atoms with Crippen LogP contribution < -0.4 is 0 Å². The Morgan fingerprint density at radius 3 is 2.86 bits per heavy atom. The zero-order valence-electron chi connectivity index (χ0n) is 6.86. The first-order chi connectivity index (χ1) is 6.61. The van der Waals surface area contributed by atoms with E-state index in [9.17, 15) is 9.59 Å². The monoisotopic (exact) mass is 256 g/mol. The maximum absolute atomic E-state index is 11.2. The molecule has 72 valence electrons. The number of carboxylic acids is 1. The molecule has 0 aliphatic carbocycles. The molecular weight excluding hydrogens is 252 g/mol. The lowest BCUT2D eigenvalue weighted by Gasteiger charge is -2.05. The summed E-state index contributed by atoms with van der Waals surface area (Å²) in [5.41, 5.74) is 0.705. The standard InChI is InChI=1S/C9H5BrO4/c10-5-3-1-2-4-6(5)7(8(11)12)14-9(4)13/h1-3,7H,(H,11,12). The molecule has 1 N–H and O–H groups in total. The molecule has 1 aromatic carbocycles. The Kier molecular flexibility index (Phi) is 2.03. The third-order valence-corrected chi connectivity index (χ3v) is 2.68. The number of cyclic esters (lactones) is 1. The van der Waals surface area contributed by atoms with Crippen LogP contribution in [-0.2, 0) is 9.53 Å². The molecule has 2 rings (SSSR count). The van der Waals surface area contributed by atoms with Crippen molar-refractivity contribution < 1.29 is 19.4 Å². The molecule has 1 unspecified atom stereocenters. The van der Waals surface area contributed by atoms with Crippen molar-refractivity contribution in [2.24, 2.45) is 0 Å². The molecule has 0 aromatic heterocycles. The van der Waals surface area contributed by atoms with Gasteiger partial charge >= 0.3 is 11.9 Å². The smallest absolute Gasteiger partial charge is 0.349 e. The minimum absolute atomic E-state index is 0.312. The van der Waals surface area contributed by atoms with Gasteiger partial charge in [0.05, 0.1) is 5.56 Å². The number of hydrogen-bond acceptors (Lipinski definition) is 3. The second-order valence-electron chi connectivity index (χ2n) is 2.82. The largest absolute Gasteiger partial charge is 0.478 e. The fraction of sp³-hybridized carbons (Fsp3) is 0.111. The number of halogens is 1. The highest BCUT2D eigenvalue weighted by atomic mass is 79.9. The number of ether oxygens (including phenoxy) is 1. The van der Waals surface area contributed by atoms with E-state index < -0.39 is 18.0 Å². The quantitative estimate of drug-likeness (QED) is 0.778. The van der Waals surface area contributed by atoms with Gasteiger partial charge in [-0.15, -0.1) is 0 Å². The van der Waals surface area contributed by atoms with Crippen LogP contribution in [0.25, 0.3) is 0 Å². The number of hydrogen-bond donors (Lipinski definition) is 1. The number of aliphatic carboxylic acids is 1. The highest BCUT2D eigenvalue weighted by Crippen LogP contribution is 2.35. The van der Waals surface area contributed by atoms with E-state index in [-0.39, 0.29) is 0 Å². The normalized spacial score (nSPS) is 18.9. The Balaban J connectivity index is 2.62. The summed E-state index contributed by atoms with van der Waals surface area (Å²) in [5.74, 6) is -1.75. The second kappa shape index (κ2) is 3.09. The molecule has 0 spiro atoms. The summed E-state index contributed by atoms with van der Waals surface area (Å²) in [6.07, 6.45) is -1.19. The van der Waals surface area contributed by atoms with Crippen molar-refractivity contribution in [2.75, 3.05) is 0 Å². The van der Waals surface area contributed by atoms with Crippen molar-refractivity contribution >= 4 is 27.9 Å². The lowest BCUT2D eigenvalue weighted by molar-refractivity contribution is -0.146. The Hall–Kier alpha value is -1.36. The molecule has 4 nitrogen and oxygen atoms in total. The molecule has 0 saturated carbocycles. The molecule has 0 bridgehead atoms. The van der Waals surface area contributed by atoms with Crippen LogP contribution in [0.4, 0.5) is 0 Å². The number of carbonyl (C=O) groups is 2. The lowest BCUT2D eigenvalue weighted by Crippen LogP contribution is -2.11. The van der Waals surface area contributed by atoms with Gasteiger partial charge in [0.25, 0.3) is 0 Å². The Labute approximate surface area is 87.6 Å². The van der Waals surface area contributed by atoms with E-state index in [0.29, 0.717) is 15.6 Å². The minimum atomic E-state index is -1.19. The summed E-state index contributed by atoms with van der Waals surface area (Å²) in [4.78, 5) is 22.0. The maximum Gasteiger partial charge on any atom is 0.349 e. The first kappa shape index (κ1) is 9.21. The molecule has 0 saturated heterocycles. The van der Waals surface area contributed by atoms with Crippen LogP contribution in [0, 0.1) is 0 Å². The fourth-order valence-electron chi connectivity index (χ4n) is 1.38. The minimum Gasteiger partial charge on any atom is -0.478 e. The van der Waals surface area contributed by atoms with Crippen LogP contribution in [0.5, 0.6) is 0 Å². The second-order valence-corrected chi connectivity index (χ2v) is 3.68. The van der Waals surface area contributed by atoms with Crippen molar-refractivity contribution in [3.05, 3.63) is 33.8 Å². The summed E-state index contributed by atoms with van der Waals surface area (Å²) in [6, 6.07) is 4.89. The number of carbonyl (C=O) groups excluding carboxylic acids is 1. The van der Waals surface area contributed by atoms with Gasteiger partial charge in [-0.25, -0.2) is 9.59 Å². The van der Waals surface area contributed by atoms with Crippen molar-refractivity contribution in [3.63, 3.8) is 0 Å². The Morgan fingerprint density at radius 1 is 1.50 bits per heavy atom. The van der Waals surface area contributed by atoms with E-state index in [4.69, 9.17) is 9.84 Å². The first-order valence-electron chi connectivity index (χ1n) is 3.83. The van der Waals surface area contributed by atoms with Gasteiger partial charge in [-0.1, -0.05) is 22.0 Å². The summed E-state index contributed by atoms with van der Waals surface area (Å²) >= 11 is 3.19. The Bertz CT molecular complexity index is 427. The van der Waals surface area contributed by atoms with E-state index in [1.54, 1.807) is 18.2 Å². The number of benzene rings is 1. The van der Waals surface area contributed by atoms with Crippen LogP contribution in [-0.4, -0.2) is 17.0 Å². The maximum atomic E-state index is 11.2. The lowest BCUT2D eigenvalue weighted by atomic mass is 10.1. The van der Waals surface area contributed by atoms with Gasteiger partial charge in [0, 0.05) is 10.0 Å². The van der Waals surface area contributed by atoms with Crippen LogP contribution in [0.2, 0.25) is 0 Å². The molecule has 1 aliphatic rings. The molecule has 1 aliphatic heterocycles. The van der Waals surface area contributed by atoms with Crippen molar-refractivity contribution in [1.82, 2.24) is 0 Å². The van der Waals surface area contributed by atoms with Gasteiger partial charge in [0.1, 0.15) is 0 Å². The highest BCUT2D eigenvalue weighted by Gasteiger charge is 2.37. The molecule has 0 radical (unpaired) electrons. The van der Waals surface area contributed by atoms with Gasteiger partial charge in [-0.3, -0.25) is 0 Å². The third kappa shape index (κ3) is 1.21. The molecule has 1 heterocycles. The van der Waals surface area contributed by atoms with Gasteiger partial charge in [0.15, 0.2) is 0 Å². The molecule has 0 fully saturated rings. The topological polar surface area (TPSA) is 63.6 Å². The van der Waals surface area contributed by atoms with E-state index in [2.05, 4.69) is 15.9 Å². The van der Waals surface area contributed by atoms with Crippen LogP contribution >= 0.6 is 15.9 Å². The SMILES string of the molecule is O=C1OC(C(=O)O)c2c(Br)cccc21. The molecular formula is C9H5BrO4. The van der Waals surface area contributed by atoms with Crippen LogP contribution in [0.1, 0.15) is 22.0 Å². The zero-order chi connectivity index (χ0) is 10.3.